The summed E-state index contributed by atoms with van der Waals surface area (Å²) in [6.45, 7) is 7.74. The summed E-state index contributed by atoms with van der Waals surface area (Å²) >= 11 is 2.08. The van der Waals surface area contributed by atoms with Gasteiger partial charge in [0.1, 0.15) is 0 Å². The fraction of sp³-hybridized carbons (Fsp3) is 0.667. The molecule has 0 aromatic heterocycles. The van der Waals surface area contributed by atoms with Crippen molar-refractivity contribution in [1.82, 2.24) is 15.5 Å². The molecule has 1 atom stereocenters. The predicted molar refractivity (Wildman–Crippen MR) is 114 cm³/mol. The molecule has 3 rings (SSSR count). The molecule has 1 aromatic rings. The lowest BCUT2D eigenvalue weighted by atomic mass is 9.98. The van der Waals surface area contributed by atoms with Crippen LogP contribution in [0.4, 0.5) is 0 Å². The van der Waals surface area contributed by atoms with Crippen LogP contribution in [-0.4, -0.2) is 48.5 Å². The Balaban J connectivity index is 1.50. The first-order chi connectivity index (χ1) is 12.7. The zero-order chi connectivity index (χ0) is 18.2. The van der Waals surface area contributed by atoms with Gasteiger partial charge in [-0.1, -0.05) is 31.2 Å². The van der Waals surface area contributed by atoms with Crippen LogP contribution < -0.4 is 10.6 Å². The van der Waals surface area contributed by atoms with Crippen molar-refractivity contribution in [2.45, 2.75) is 50.9 Å². The second-order valence-electron chi connectivity index (χ2n) is 7.67. The molecule has 26 heavy (non-hydrogen) atoms. The van der Waals surface area contributed by atoms with E-state index in [0.717, 1.165) is 36.8 Å². The van der Waals surface area contributed by atoms with E-state index >= 15 is 0 Å². The highest BCUT2D eigenvalue weighted by atomic mass is 32.2. The van der Waals surface area contributed by atoms with Gasteiger partial charge in [0.2, 0.25) is 0 Å². The van der Waals surface area contributed by atoms with Gasteiger partial charge in [0.05, 0.1) is 0 Å². The summed E-state index contributed by atoms with van der Waals surface area (Å²) < 4.78 is 0. The quantitative estimate of drug-likeness (QED) is 0.591. The van der Waals surface area contributed by atoms with Gasteiger partial charge in [0.15, 0.2) is 5.96 Å². The lowest BCUT2D eigenvalue weighted by Gasteiger charge is -2.30. The Bertz CT molecular complexity index is 575. The van der Waals surface area contributed by atoms with Crippen molar-refractivity contribution in [1.29, 1.82) is 0 Å². The van der Waals surface area contributed by atoms with Crippen molar-refractivity contribution in [3.05, 3.63) is 35.4 Å². The molecule has 0 radical (unpaired) electrons. The topological polar surface area (TPSA) is 39.7 Å². The SMILES string of the molecule is CN=C(NCc1ccccc1CN1CCC(C)CC1)NCC1CCCS1. The second-order valence-corrected chi connectivity index (χ2v) is 9.08. The molecular formula is C21H34N4S. The van der Waals surface area contributed by atoms with E-state index in [1.807, 2.05) is 7.05 Å². The normalized spacial score (nSPS) is 22.5. The number of thioether (sulfide) groups is 1. The summed E-state index contributed by atoms with van der Waals surface area (Å²) in [4.78, 5) is 6.99. The van der Waals surface area contributed by atoms with Crippen LogP contribution in [0, 0.1) is 5.92 Å². The third-order valence-electron chi connectivity index (χ3n) is 5.58. The number of nitrogens with zero attached hydrogens (tertiary/aromatic N) is 2. The van der Waals surface area contributed by atoms with E-state index in [-0.39, 0.29) is 0 Å². The van der Waals surface area contributed by atoms with Crippen molar-refractivity contribution in [2.24, 2.45) is 10.9 Å². The highest BCUT2D eigenvalue weighted by molar-refractivity contribution is 8.00. The Labute approximate surface area is 163 Å². The average Bonchev–Trinajstić information content (AvgIpc) is 3.18. The van der Waals surface area contributed by atoms with Gasteiger partial charge in [-0.3, -0.25) is 9.89 Å². The van der Waals surface area contributed by atoms with E-state index in [9.17, 15) is 0 Å². The molecule has 0 bridgehead atoms. The first kappa shape index (κ1) is 19.6. The molecule has 144 valence electrons. The van der Waals surface area contributed by atoms with E-state index in [4.69, 9.17) is 0 Å². The maximum Gasteiger partial charge on any atom is 0.191 e. The molecule has 1 aromatic carbocycles. The minimum Gasteiger partial charge on any atom is -0.355 e. The van der Waals surface area contributed by atoms with Crippen molar-refractivity contribution in [2.75, 3.05) is 32.4 Å². The minimum absolute atomic E-state index is 0.738. The number of nitrogens with one attached hydrogen (secondary N) is 2. The van der Waals surface area contributed by atoms with Crippen LogP contribution in [0.15, 0.2) is 29.3 Å². The molecular weight excluding hydrogens is 340 g/mol. The van der Waals surface area contributed by atoms with Gasteiger partial charge < -0.3 is 10.6 Å². The molecule has 2 aliphatic rings. The first-order valence-corrected chi connectivity index (χ1v) is 11.1. The number of hydrogen-bond donors (Lipinski definition) is 2. The maximum absolute atomic E-state index is 4.39. The van der Waals surface area contributed by atoms with E-state index in [0.29, 0.717) is 0 Å². The number of benzene rings is 1. The van der Waals surface area contributed by atoms with Crippen LogP contribution in [0.2, 0.25) is 0 Å². The van der Waals surface area contributed by atoms with E-state index < -0.39 is 0 Å². The molecule has 0 saturated carbocycles. The summed E-state index contributed by atoms with van der Waals surface area (Å²) in [7, 11) is 1.86. The number of hydrogen-bond acceptors (Lipinski definition) is 3. The van der Waals surface area contributed by atoms with Gasteiger partial charge in [0.25, 0.3) is 0 Å². The smallest absolute Gasteiger partial charge is 0.191 e. The van der Waals surface area contributed by atoms with Crippen LogP contribution in [0.25, 0.3) is 0 Å². The summed E-state index contributed by atoms with van der Waals surface area (Å²) in [5.41, 5.74) is 2.82. The third kappa shape index (κ3) is 5.92. The molecule has 2 heterocycles. The van der Waals surface area contributed by atoms with Crippen LogP contribution in [0.1, 0.15) is 43.7 Å². The van der Waals surface area contributed by atoms with Crippen molar-refractivity contribution < 1.29 is 0 Å². The molecule has 0 spiro atoms. The number of likely N-dealkylation sites (tertiary alicyclic amines) is 1. The number of aliphatic imine (C=N–C) groups is 1. The van der Waals surface area contributed by atoms with Gasteiger partial charge in [-0.2, -0.15) is 11.8 Å². The standard InChI is InChI=1S/C21H34N4S/c1-17-9-11-25(12-10-17)16-19-7-4-3-6-18(19)14-23-21(22-2)24-15-20-8-5-13-26-20/h3-4,6-7,17,20H,5,8-16H2,1-2H3,(H2,22,23,24). The Hall–Kier alpha value is -1.20. The van der Waals surface area contributed by atoms with Crippen molar-refractivity contribution in [3.63, 3.8) is 0 Å². The Morgan fingerprint density at radius 2 is 1.92 bits per heavy atom. The average molecular weight is 375 g/mol. The lowest BCUT2D eigenvalue weighted by molar-refractivity contribution is 0.185. The highest BCUT2D eigenvalue weighted by Gasteiger charge is 2.17. The van der Waals surface area contributed by atoms with Gasteiger partial charge >= 0.3 is 0 Å². The fourth-order valence-corrected chi connectivity index (χ4v) is 4.96. The van der Waals surface area contributed by atoms with E-state index in [1.165, 1.54) is 55.7 Å². The first-order valence-electron chi connectivity index (χ1n) is 10.1. The fourth-order valence-electron chi connectivity index (χ4n) is 3.76. The largest absolute Gasteiger partial charge is 0.355 e. The minimum atomic E-state index is 0.738. The van der Waals surface area contributed by atoms with Crippen LogP contribution in [-0.2, 0) is 13.1 Å². The van der Waals surface area contributed by atoms with Gasteiger partial charge in [0, 0.05) is 31.9 Å². The molecule has 5 heteroatoms. The van der Waals surface area contributed by atoms with Crippen molar-refractivity contribution >= 4 is 17.7 Å². The third-order valence-corrected chi connectivity index (χ3v) is 6.98. The van der Waals surface area contributed by atoms with Crippen LogP contribution in [0.3, 0.4) is 0 Å². The van der Waals surface area contributed by atoms with Gasteiger partial charge in [-0.15, -0.1) is 0 Å². The molecule has 0 amide bonds. The number of piperidine rings is 1. The van der Waals surface area contributed by atoms with Crippen LogP contribution in [0.5, 0.6) is 0 Å². The monoisotopic (exact) mass is 374 g/mol. The molecule has 0 aliphatic carbocycles. The molecule has 1 unspecified atom stereocenters. The Morgan fingerprint density at radius 1 is 1.15 bits per heavy atom. The summed E-state index contributed by atoms with van der Waals surface area (Å²) in [6, 6.07) is 8.83. The van der Waals surface area contributed by atoms with Crippen molar-refractivity contribution in [3.8, 4) is 0 Å². The zero-order valence-electron chi connectivity index (χ0n) is 16.3. The molecule has 2 N–H and O–H groups in total. The Kier molecular flexibility index (Phi) is 7.69. The number of rotatable bonds is 6. The summed E-state index contributed by atoms with van der Waals surface area (Å²) in [6.07, 6.45) is 5.34. The Morgan fingerprint density at radius 3 is 2.62 bits per heavy atom. The molecule has 2 saturated heterocycles. The molecule has 2 aliphatic heterocycles. The molecule has 4 nitrogen and oxygen atoms in total. The summed E-state index contributed by atoms with van der Waals surface area (Å²) in [5, 5.41) is 7.74. The maximum atomic E-state index is 4.39. The van der Waals surface area contributed by atoms with Crippen LogP contribution >= 0.6 is 11.8 Å². The molecule has 2 fully saturated rings. The number of guanidine groups is 1. The van der Waals surface area contributed by atoms with Gasteiger partial charge in [-0.05, 0) is 61.6 Å². The van der Waals surface area contributed by atoms with Gasteiger partial charge in [-0.25, -0.2) is 0 Å². The lowest BCUT2D eigenvalue weighted by Crippen LogP contribution is -2.40. The van der Waals surface area contributed by atoms with E-state index in [1.54, 1.807) is 0 Å². The van der Waals surface area contributed by atoms with E-state index in [2.05, 4.69) is 63.5 Å². The highest BCUT2D eigenvalue weighted by Crippen LogP contribution is 2.25. The second kappa shape index (κ2) is 10.2. The summed E-state index contributed by atoms with van der Waals surface area (Å²) in [5.74, 6) is 3.11. The predicted octanol–water partition coefficient (Wildman–Crippen LogP) is 3.48. The zero-order valence-corrected chi connectivity index (χ0v) is 17.2.